The fourth-order valence-electron chi connectivity index (χ4n) is 9.03. The van der Waals surface area contributed by atoms with Crippen molar-refractivity contribution in [3.05, 3.63) is 87.2 Å². The van der Waals surface area contributed by atoms with Gasteiger partial charge in [0.25, 0.3) is 0 Å². The minimum absolute atomic E-state index is 0.00336. The van der Waals surface area contributed by atoms with Crippen LogP contribution in [0.15, 0.2) is 54.6 Å². The number of nitrogens with zero attached hydrogens (tertiary/aromatic N) is 1. The van der Waals surface area contributed by atoms with Crippen LogP contribution in [0.4, 0.5) is 15.8 Å². The number of nitrogens with one attached hydrogen (secondary N) is 2. The lowest BCUT2D eigenvalue weighted by molar-refractivity contribution is -0.143. The third kappa shape index (κ3) is 6.97. The number of carbonyl (C=O) groups excluding carboxylic acids is 1. The first-order valence-corrected chi connectivity index (χ1v) is 18.5. The molecule has 1 aliphatic carbocycles. The number of anilines is 2. The van der Waals surface area contributed by atoms with E-state index < -0.39 is 41.0 Å². The average molecular weight is 755 g/mol. The molecule has 0 bridgehead atoms. The Morgan fingerprint density at radius 1 is 1.06 bits per heavy atom. The number of hydrogen-bond acceptors (Lipinski definition) is 6. The molecule has 52 heavy (non-hydrogen) atoms. The molecule has 1 saturated heterocycles. The minimum Gasteiger partial charge on any atom is -0.495 e. The summed E-state index contributed by atoms with van der Waals surface area (Å²) in [5, 5.41) is 26.4. The van der Waals surface area contributed by atoms with Gasteiger partial charge in [-0.05, 0) is 97.9 Å². The molecule has 4 N–H and O–H groups in total. The van der Waals surface area contributed by atoms with Gasteiger partial charge >= 0.3 is 11.9 Å². The summed E-state index contributed by atoms with van der Waals surface area (Å²) in [5.41, 5.74) is 1.41. The first-order valence-electron chi connectivity index (χ1n) is 17.8. The van der Waals surface area contributed by atoms with Crippen molar-refractivity contribution in [2.24, 2.45) is 17.3 Å². The van der Waals surface area contributed by atoms with Gasteiger partial charge in [-0.2, -0.15) is 0 Å². The fraction of sp³-hybridized carbons (Fsp3) is 0.475. The Labute approximate surface area is 313 Å². The van der Waals surface area contributed by atoms with Crippen LogP contribution in [0.5, 0.6) is 5.75 Å². The third-order valence-electron chi connectivity index (χ3n) is 11.5. The van der Waals surface area contributed by atoms with E-state index >= 15 is 4.39 Å². The highest BCUT2D eigenvalue weighted by atomic mass is 35.5. The number of aliphatic carboxylic acids is 1. The van der Waals surface area contributed by atoms with Gasteiger partial charge < -0.3 is 30.5 Å². The lowest BCUT2D eigenvalue weighted by Crippen LogP contribution is -2.50. The summed E-state index contributed by atoms with van der Waals surface area (Å²) < 4.78 is 22.0. The Morgan fingerprint density at radius 2 is 1.77 bits per heavy atom. The molecule has 278 valence electrons. The molecule has 3 aromatic rings. The molecule has 0 unspecified atom stereocenters. The number of amides is 1. The molecule has 6 rings (SSSR count). The second-order valence-electron chi connectivity index (χ2n) is 15.8. The van der Waals surface area contributed by atoms with Crippen LogP contribution in [0, 0.1) is 23.1 Å². The zero-order chi connectivity index (χ0) is 37.7. The van der Waals surface area contributed by atoms with Gasteiger partial charge in [-0.25, -0.2) is 9.18 Å². The summed E-state index contributed by atoms with van der Waals surface area (Å²) in [5.74, 6) is -3.62. The van der Waals surface area contributed by atoms with Gasteiger partial charge in [0.1, 0.15) is 11.6 Å². The average Bonchev–Trinajstić information content (AvgIpc) is 3.59. The maximum Gasteiger partial charge on any atom is 0.335 e. The topological polar surface area (TPSA) is 128 Å². The van der Waals surface area contributed by atoms with Gasteiger partial charge in [0.05, 0.1) is 35.3 Å². The summed E-state index contributed by atoms with van der Waals surface area (Å²) in [4.78, 5) is 40.4. The Balaban J connectivity index is 1.50. The summed E-state index contributed by atoms with van der Waals surface area (Å²) in [6.07, 6.45) is 3.38. The number of carbonyl (C=O) groups is 3. The minimum atomic E-state index is -1.13. The quantitative estimate of drug-likeness (QED) is 0.172. The monoisotopic (exact) mass is 753 g/mol. The van der Waals surface area contributed by atoms with Gasteiger partial charge in [0.2, 0.25) is 5.91 Å². The number of benzene rings is 3. The molecule has 5 atom stereocenters. The van der Waals surface area contributed by atoms with Crippen LogP contribution in [0.25, 0.3) is 0 Å². The molecule has 2 heterocycles. The zero-order valence-corrected chi connectivity index (χ0v) is 31.5. The summed E-state index contributed by atoms with van der Waals surface area (Å²) in [7, 11) is 1.40. The van der Waals surface area contributed by atoms with E-state index in [2.05, 4.69) is 43.2 Å². The van der Waals surface area contributed by atoms with Crippen LogP contribution in [0.3, 0.4) is 0 Å². The van der Waals surface area contributed by atoms with E-state index in [0.717, 1.165) is 24.1 Å². The standard InChI is InChI=1S/C40H46Cl2FN3O6/c1-21(22-9-11-23(12-10-22)37(48)49)46-20-40(27-15-14-25(41)18-30(27)46)32(19-39(2,3)4)45-35(33(40)26-7-6-8-28(42)34(26)43)36(47)44-29-16-13-24(38(50)51)17-31(29)52-5/h6-8,13-18,21-23,32-33,35,45H,9-12,19-20H2,1-5H3,(H,44,47)(H,48,49)(H,50,51)/t21-,22?,23?,32+,33+,35-,40+/m1/s1. The molecule has 12 heteroatoms. The smallest absolute Gasteiger partial charge is 0.335 e. The van der Waals surface area contributed by atoms with E-state index in [-0.39, 0.29) is 51.4 Å². The molecule has 3 aromatic carbocycles. The van der Waals surface area contributed by atoms with E-state index in [1.54, 1.807) is 12.1 Å². The largest absolute Gasteiger partial charge is 0.495 e. The number of aromatic carboxylic acids is 1. The number of halogens is 3. The van der Waals surface area contributed by atoms with Crippen molar-refractivity contribution in [3.63, 3.8) is 0 Å². The Bertz CT molecular complexity index is 1880. The lowest BCUT2D eigenvalue weighted by atomic mass is 9.63. The second-order valence-corrected chi connectivity index (χ2v) is 16.7. The highest BCUT2D eigenvalue weighted by Gasteiger charge is 2.63. The number of fused-ring (bicyclic) bond motifs is 2. The Morgan fingerprint density at radius 3 is 2.40 bits per heavy atom. The van der Waals surface area contributed by atoms with Crippen molar-refractivity contribution >= 4 is 52.4 Å². The molecule has 1 amide bonds. The van der Waals surface area contributed by atoms with E-state index in [0.29, 0.717) is 36.4 Å². The number of methoxy groups -OCH3 is 1. The second kappa shape index (κ2) is 14.5. The normalized spacial score (nSPS) is 26.2. The maximum absolute atomic E-state index is 16.5. The van der Waals surface area contributed by atoms with Gasteiger partial charge in [0.15, 0.2) is 0 Å². The summed E-state index contributed by atoms with van der Waals surface area (Å²) >= 11 is 13.2. The van der Waals surface area contributed by atoms with Crippen molar-refractivity contribution in [3.8, 4) is 5.75 Å². The predicted molar refractivity (Wildman–Crippen MR) is 201 cm³/mol. The van der Waals surface area contributed by atoms with Gasteiger partial charge in [-0.3, -0.25) is 9.59 Å². The van der Waals surface area contributed by atoms with E-state index in [1.807, 2.05) is 18.2 Å². The van der Waals surface area contributed by atoms with Crippen molar-refractivity contribution in [1.82, 2.24) is 5.32 Å². The van der Waals surface area contributed by atoms with E-state index in [1.165, 1.54) is 31.4 Å². The number of ether oxygens (including phenoxy) is 1. The molecule has 9 nitrogen and oxygen atoms in total. The maximum atomic E-state index is 16.5. The first-order chi connectivity index (χ1) is 24.5. The SMILES string of the molecule is COc1cc(C(=O)O)ccc1NC(=O)[C@@H]1N[C@@H](CC(C)(C)C)[C@@]2(CN([C@H](C)C3CCC(C(=O)O)CC3)c3cc(Cl)ccc32)[C@H]1c1cccc(Cl)c1F. The van der Waals surface area contributed by atoms with Crippen LogP contribution in [-0.2, 0) is 15.0 Å². The third-order valence-corrected chi connectivity index (χ3v) is 12.0. The molecule has 2 fully saturated rings. The number of carboxylic acids is 2. The molecular formula is C40H46Cl2FN3O6. The highest BCUT2D eigenvalue weighted by Crippen LogP contribution is 2.59. The number of rotatable bonds is 9. The lowest BCUT2D eigenvalue weighted by Gasteiger charge is -2.42. The van der Waals surface area contributed by atoms with Gasteiger partial charge in [-0.15, -0.1) is 0 Å². The molecule has 1 saturated carbocycles. The van der Waals surface area contributed by atoms with Crippen molar-refractivity contribution in [2.75, 3.05) is 23.9 Å². The van der Waals surface area contributed by atoms with Crippen LogP contribution < -0.4 is 20.3 Å². The summed E-state index contributed by atoms with van der Waals surface area (Å²) in [6, 6.07) is 13.7. The van der Waals surface area contributed by atoms with Gasteiger partial charge in [-0.1, -0.05) is 62.2 Å². The predicted octanol–water partition coefficient (Wildman–Crippen LogP) is 8.38. The molecule has 2 aliphatic heterocycles. The highest BCUT2D eigenvalue weighted by molar-refractivity contribution is 6.31. The van der Waals surface area contributed by atoms with Crippen LogP contribution in [0.1, 0.15) is 87.2 Å². The van der Waals surface area contributed by atoms with Crippen LogP contribution in [-0.4, -0.2) is 59.8 Å². The van der Waals surface area contributed by atoms with Crippen molar-refractivity contribution in [2.45, 2.75) is 89.3 Å². The zero-order valence-electron chi connectivity index (χ0n) is 30.0. The molecule has 3 aliphatic rings. The van der Waals surface area contributed by atoms with Crippen LogP contribution in [0.2, 0.25) is 10.0 Å². The number of carboxylic acid groups (broad SMARTS) is 2. The molecular weight excluding hydrogens is 708 g/mol. The Kier molecular flexibility index (Phi) is 10.6. The first kappa shape index (κ1) is 37.9. The van der Waals surface area contributed by atoms with E-state index in [9.17, 15) is 24.6 Å². The number of hydrogen-bond donors (Lipinski definition) is 4. The molecule has 0 radical (unpaired) electrons. The Hall–Kier alpha value is -3.86. The van der Waals surface area contributed by atoms with E-state index in [4.69, 9.17) is 27.9 Å². The molecule has 0 aromatic heterocycles. The van der Waals surface area contributed by atoms with Crippen LogP contribution >= 0.6 is 23.2 Å². The van der Waals surface area contributed by atoms with Gasteiger partial charge in [0, 0.05) is 40.7 Å². The van der Waals surface area contributed by atoms with Crippen molar-refractivity contribution in [1.29, 1.82) is 0 Å². The van der Waals surface area contributed by atoms with Crippen molar-refractivity contribution < 1.29 is 33.7 Å². The summed E-state index contributed by atoms with van der Waals surface area (Å²) in [6.45, 7) is 9.03. The molecule has 1 spiro atoms. The fourth-order valence-corrected chi connectivity index (χ4v) is 9.38.